The van der Waals surface area contributed by atoms with Crippen molar-refractivity contribution in [3.63, 3.8) is 0 Å². The summed E-state index contributed by atoms with van der Waals surface area (Å²) in [5, 5.41) is 12.0. The monoisotopic (exact) mass is 304 g/mol. The number of amides is 1. The third-order valence-corrected chi connectivity index (χ3v) is 4.69. The van der Waals surface area contributed by atoms with Gasteiger partial charge in [0.2, 0.25) is 0 Å². The molecular formula is C14H16N4O2S. The first-order valence-electron chi connectivity index (χ1n) is 6.68. The predicted octanol–water partition coefficient (Wildman–Crippen LogP) is 1.04. The zero-order valence-corrected chi connectivity index (χ0v) is 12.8. The summed E-state index contributed by atoms with van der Waals surface area (Å²) in [5.74, 6) is -0.0407. The number of fused-ring (bicyclic) bond motifs is 1. The summed E-state index contributed by atoms with van der Waals surface area (Å²) < 4.78 is 0.678. The van der Waals surface area contributed by atoms with Crippen molar-refractivity contribution in [3.8, 4) is 0 Å². The molecule has 110 valence electrons. The topological polar surface area (TPSA) is 63.4 Å². The third-order valence-electron chi connectivity index (χ3n) is 3.44. The van der Waals surface area contributed by atoms with Crippen molar-refractivity contribution in [2.75, 3.05) is 25.5 Å². The second kappa shape index (κ2) is 5.33. The molecule has 3 heterocycles. The lowest BCUT2D eigenvalue weighted by Gasteiger charge is -2.25. The number of aromatic nitrogens is 2. The minimum atomic E-state index is -0.0407. The van der Waals surface area contributed by atoms with Gasteiger partial charge in [-0.15, -0.1) is 0 Å². The molecule has 0 spiro atoms. The molecule has 2 aromatic heterocycles. The number of hydrogen-bond acceptors (Lipinski definition) is 5. The fourth-order valence-corrected chi connectivity index (χ4v) is 3.33. The molecule has 1 aliphatic heterocycles. The molecule has 3 rings (SSSR count). The molecule has 7 heteroatoms. The molecule has 6 nitrogen and oxygen atoms in total. The van der Waals surface area contributed by atoms with Gasteiger partial charge in [0.1, 0.15) is 0 Å². The standard InChI is InChI=1S/C14H16N4O2S/c1-16(2)14-15-11-5-6-17(9-12(11)21-14)13(19)10-3-7-18(20)8-4-10/h3-4,7-8H,5-6,9H2,1-2H3. The summed E-state index contributed by atoms with van der Waals surface area (Å²) in [6.07, 6.45) is 3.47. The summed E-state index contributed by atoms with van der Waals surface area (Å²) >= 11 is 1.63. The lowest BCUT2D eigenvalue weighted by atomic mass is 10.1. The van der Waals surface area contributed by atoms with Crippen molar-refractivity contribution in [3.05, 3.63) is 45.9 Å². The second-order valence-corrected chi connectivity index (χ2v) is 6.25. The molecule has 0 aliphatic carbocycles. The normalized spacial score (nSPS) is 13.9. The van der Waals surface area contributed by atoms with Gasteiger partial charge in [-0.25, -0.2) is 4.98 Å². The smallest absolute Gasteiger partial charge is 0.254 e. The van der Waals surface area contributed by atoms with Crippen LogP contribution in [0.2, 0.25) is 0 Å². The minimum absolute atomic E-state index is 0.0407. The molecule has 0 unspecified atom stereocenters. The van der Waals surface area contributed by atoms with Crippen LogP contribution in [0.5, 0.6) is 0 Å². The summed E-state index contributed by atoms with van der Waals surface area (Å²) in [7, 11) is 3.94. The Balaban J connectivity index is 1.79. The molecule has 0 saturated carbocycles. The first-order valence-corrected chi connectivity index (χ1v) is 7.50. The Bertz CT molecular complexity index is 666. The Morgan fingerprint density at radius 1 is 1.43 bits per heavy atom. The molecule has 1 amide bonds. The van der Waals surface area contributed by atoms with Crippen LogP contribution in [0.3, 0.4) is 0 Å². The van der Waals surface area contributed by atoms with Crippen molar-refractivity contribution in [1.29, 1.82) is 0 Å². The minimum Gasteiger partial charge on any atom is -0.619 e. The SMILES string of the molecule is CN(C)c1nc2c(s1)CN(C(=O)c1cc[n+]([O-])cc1)CC2. The molecule has 21 heavy (non-hydrogen) atoms. The molecule has 1 aliphatic rings. The fourth-order valence-electron chi connectivity index (χ4n) is 2.28. The molecule has 2 aromatic rings. The van der Waals surface area contributed by atoms with E-state index < -0.39 is 0 Å². The molecule has 0 radical (unpaired) electrons. The van der Waals surface area contributed by atoms with E-state index in [4.69, 9.17) is 0 Å². The first-order chi connectivity index (χ1) is 10.0. The lowest BCUT2D eigenvalue weighted by Crippen LogP contribution is -2.36. The van der Waals surface area contributed by atoms with E-state index in [0.29, 0.717) is 23.4 Å². The Hall–Kier alpha value is -2.15. The van der Waals surface area contributed by atoms with Gasteiger partial charge in [-0.1, -0.05) is 11.3 Å². The highest BCUT2D eigenvalue weighted by Crippen LogP contribution is 2.30. The van der Waals surface area contributed by atoms with Crippen molar-refractivity contribution < 1.29 is 9.52 Å². The van der Waals surface area contributed by atoms with E-state index in [9.17, 15) is 10.0 Å². The number of anilines is 1. The number of rotatable bonds is 2. The number of carbonyl (C=O) groups is 1. The molecular weight excluding hydrogens is 288 g/mol. The van der Waals surface area contributed by atoms with E-state index in [1.807, 2.05) is 23.9 Å². The molecule has 0 N–H and O–H groups in total. The zero-order valence-electron chi connectivity index (χ0n) is 11.9. The molecule has 0 fully saturated rings. The van der Waals surface area contributed by atoms with E-state index in [-0.39, 0.29) is 5.91 Å². The van der Waals surface area contributed by atoms with Gasteiger partial charge in [-0.05, 0) is 0 Å². The largest absolute Gasteiger partial charge is 0.619 e. The van der Waals surface area contributed by atoms with Gasteiger partial charge in [0, 0.05) is 44.1 Å². The van der Waals surface area contributed by atoms with Crippen molar-refractivity contribution in [2.24, 2.45) is 0 Å². The van der Waals surface area contributed by atoms with Crippen LogP contribution >= 0.6 is 11.3 Å². The molecule has 0 saturated heterocycles. The molecule has 0 aromatic carbocycles. The zero-order chi connectivity index (χ0) is 15.0. The van der Waals surface area contributed by atoms with Crippen LogP contribution in [0.25, 0.3) is 0 Å². The lowest BCUT2D eigenvalue weighted by molar-refractivity contribution is -0.605. The van der Waals surface area contributed by atoms with Crippen LogP contribution < -0.4 is 9.63 Å². The van der Waals surface area contributed by atoms with Gasteiger partial charge in [0.05, 0.1) is 17.8 Å². The van der Waals surface area contributed by atoms with Gasteiger partial charge in [0.25, 0.3) is 5.91 Å². The second-order valence-electron chi connectivity index (χ2n) is 5.18. The first kappa shape index (κ1) is 13.8. The number of pyridine rings is 1. The van der Waals surface area contributed by atoms with Crippen molar-refractivity contribution in [2.45, 2.75) is 13.0 Å². The van der Waals surface area contributed by atoms with E-state index in [2.05, 4.69) is 4.98 Å². The van der Waals surface area contributed by atoms with Crippen molar-refractivity contribution in [1.82, 2.24) is 9.88 Å². The van der Waals surface area contributed by atoms with Crippen LogP contribution in [0.15, 0.2) is 24.5 Å². The van der Waals surface area contributed by atoms with Gasteiger partial charge in [-0.3, -0.25) is 4.79 Å². The maximum Gasteiger partial charge on any atom is 0.254 e. The summed E-state index contributed by atoms with van der Waals surface area (Å²) in [4.78, 5) is 22.0. The maximum atomic E-state index is 12.4. The van der Waals surface area contributed by atoms with Gasteiger partial charge in [-0.2, -0.15) is 4.73 Å². The number of nitrogens with zero attached hydrogens (tertiary/aromatic N) is 4. The average Bonchev–Trinajstić information content (AvgIpc) is 2.90. The maximum absolute atomic E-state index is 12.4. The number of carbonyl (C=O) groups excluding carboxylic acids is 1. The summed E-state index contributed by atoms with van der Waals surface area (Å²) in [6, 6.07) is 3.12. The quantitative estimate of drug-likeness (QED) is 0.614. The average molecular weight is 304 g/mol. The van der Waals surface area contributed by atoms with E-state index in [0.717, 1.165) is 22.1 Å². The Kier molecular flexibility index (Phi) is 3.50. The fraction of sp³-hybridized carbons (Fsp3) is 0.357. The van der Waals surface area contributed by atoms with Crippen LogP contribution in [0.4, 0.5) is 5.13 Å². The summed E-state index contributed by atoms with van der Waals surface area (Å²) in [5.41, 5.74) is 1.64. The Morgan fingerprint density at radius 3 is 2.81 bits per heavy atom. The Labute approximate surface area is 126 Å². The van der Waals surface area contributed by atoms with Crippen LogP contribution in [0, 0.1) is 5.21 Å². The van der Waals surface area contributed by atoms with E-state index in [1.165, 1.54) is 12.4 Å². The van der Waals surface area contributed by atoms with Crippen molar-refractivity contribution >= 4 is 22.4 Å². The number of thiazole rings is 1. The summed E-state index contributed by atoms with van der Waals surface area (Å²) in [6.45, 7) is 1.25. The van der Waals surface area contributed by atoms with Gasteiger partial charge in [0.15, 0.2) is 17.5 Å². The van der Waals surface area contributed by atoms with Crippen LogP contribution in [-0.2, 0) is 13.0 Å². The third kappa shape index (κ3) is 2.69. The Morgan fingerprint density at radius 2 is 2.14 bits per heavy atom. The predicted molar refractivity (Wildman–Crippen MR) is 80.3 cm³/mol. The number of hydrogen-bond donors (Lipinski definition) is 0. The van der Waals surface area contributed by atoms with E-state index >= 15 is 0 Å². The highest BCUT2D eigenvalue weighted by molar-refractivity contribution is 7.15. The van der Waals surface area contributed by atoms with Crippen LogP contribution in [0.1, 0.15) is 20.9 Å². The van der Waals surface area contributed by atoms with Gasteiger partial charge >= 0.3 is 0 Å². The highest BCUT2D eigenvalue weighted by atomic mass is 32.1. The van der Waals surface area contributed by atoms with E-state index in [1.54, 1.807) is 23.5 Å². The molecule has 0 bridgehead atoms. The molecule has 0 atom stereocenters. The van der Waals surface area contributed by atoms with Gasteiger partial charge < -0.3 is 15.0 Å². The van der Waals surface area contributed by atoms with Crippen LogP contribution in [-0.4, -0.2) is 36.4 Å². The highest BCUT2D eigenvalue weighted by Gasteiger charge is 2.25.